The summed E-state index contributed by atoms with van der Waals surface area (Å²) in [5, 5.41) is 10.4. The van der Waals surface area contributed by atoms with Gasteiger partial charge >= 0.3 is 0 Å². The summed E-state index contributed by atoms with van der Waals surface area (Å²) in [5.41, 5.74) is 0.537. The lowest BCUT2D eigenvalue weighted by molar-refractivity contribution is 0.0627. The molecule has 1 atom stereocenters. The van der Waals surface area contributed by atoms with Gasteiger partial charge in [-0.3, -0.25) is 4.98 Å². The van der Waals surface area contributed by atoms with E-state index < -0.39 is 6.10 Å². The Balaban J connectivity index is 3.02. The highest BCUT2D eigenvalue weighted by atomic mass is 35.5. The van der Waals surface area contributed by atoms with Gasteiger partial charge in [0, 0.05) is 18.0 Å². The first-order chi connectivity index (χ1) is 5.93. The van der Waals surface area contributed by atoms with Gasteiger partial charge in [0.05, 0.1) is 11.1 Å². The van der Waals surface area contributed by atoms with E-state index >= 15 is 0 Å². The molecule has 0 saturated carbocycles. The molecule has 0 aliphatic heterocycles. The third-order valence-electron chi connectivity index (χ3n) is 1.92. The van der Waals surface area contributed by atoms with Crippen LogP contribution in [0.3, 0.4) is 0 Å². The molecule has 0 amide bonds. The van der Waals surface area contributed by atoms with Gasteiger partial charge in [-0.15, -0.1) is 0 Å². The van der Waals surface area contributed by atoms with E-state index in [1.807, 2.05) is 20.8 Å². The van der Waals surface area contributed by atoms with E-state index in [-0.39, 0.29) is 5.41 Å². The molecule has 0 bridgehead atoms. The molecule has 1 aromatic heterocycles. The number of hydrogen-bond acceptors (Lipinski definition) is 2. The summed E-state index contributed by atoms with van der Waals surface area (Å²) in [5.74, 6) is 0. The second-order valence-electron chi connectivity index (χ2n) is 4.17. The Labute approximate surface area is 83.6 Å². The van der Waals surface area contributed by atoms with Crippen LogP contribution in [0.25, 0.3) is 0 Å². The number of halogens is 1. The molecule has 0 radical (unpaired) electrons. The van der Waals surface area contributed by atoms with E-state index in [4.69, 9.17) is 11.6 Å². The predicted octanol–water partition coefficient (Wildman–Crippen LogP) is 2.81. The Morgan fingerprint density at radius 1 is 1.46 bits per heavy atom. The third-order valence-corrected chi connectivity index (χ3v) is 2.23. The summed E-state index contributed by atoms with van der Waals surface area (Å²) in [7, 11) is 0. The summed E-state index contributed by atoms with van der Waals surface area (Å²) < 4.78 is 0. The maximum absolute atomic E-state index is 9.93. The van der Waals surface area contributed by atoms with E-state index in [9.17, 15) is 5.11 Å². The van der Waals surface area contributed by atoms with Crippen LogP contribution in [0.15, 0.2) is 18.5 Å². The standard InChI is InChI=1S/C10H14ClNO/c1-10(2,3)9(13)7-4-5-12-6-8(7)11/h4-6,9,13H,1-3H3. The van der Waals surface area contributed by atoms with E-state index in [2.05, 4.69) is 4.98 Å². The second kappa shape index (κ2) is 3.64. The lowest BCUT2D eigenvalue weighted by Crippen LogP contribution is -2.18. The van der Waals surface area contributed by atoms with Crippen molar-refractivity contribution in [1.82, 2.24) is 4.98 Å². The van der Waals surface area contributed by atoms with Gasteiger partial charge in [-0.2, -0.15) is 0 Å². The Kier molecular flexibility index (Phi) is 2.94. The lowest BCUT2D eigenvalue weighted by atomic mass is 9.85. The summed E-state index contributed by atoms with van der Waals surface area (Å²) in [4.78, 5) is 3.87. The molecule has 1 unspecified atom stereocenters. The topological polar surface area (TPSA) is 33.1 Å². The summed E-state index contributed by atoms with van der Waals surface area (Å²) in [6, 6.07) is 1.75. The fourth-order valence-corrected chi connectivity index (χ4v) is 1.30. The SMILES string of the molecule is CC(C)(C)C(O)c1ccncc1Cl. The number of hydrogen-bond donors (Lipinski definition) is 1. The van der Waals surface area contributed by atoms with Crippen molar-refractivity contribution in [2.24, 2.45) is 5.41 Å². The summed E-state index contributed by atoms with van der Waals surface area (Å²) in [6.45, 7) is 5.90. The number of rotatable bonds is 1. The minimum Gasteiger partial charge on any atom is -0.388 e. The predicted molar refractivity (Wildman–Crippen MR) is 53.7 cm³/mol. The number of aromatic nitrogens is 1. The highest BCUT2D eigenvalue weighted by Crippen LogP contribution is 2.35. The zero-order valence-electron chi connectivity index (χ0n) is 8.08. The molecule has 72 valence electrons. The number of aliphatic hydroxyl groups is 1. The minimum absolute atomic E-state index is 0.203. The van der Waals surface area contributed by atoms with Crippen LogP contribution in [0.1, 0.15) is 32.4 Å². The smallest absolute Gasteiger partial charge is 0.0853 e. The van der Waals surface area contributed by atoms with Crippen molar-refractivity contribution < 1.29 is 5.11 Å². The molecule has 0 aromatic carbocycles. The van der Waals surface area contributed by atoms with Gasteiger partial charge in [-0.25, -0.2) is 0 Å². The van der Waals surface area contributed by atoms with E-state index in [0.717, 1.165) is 5.56 Å². The molecule has 1 rings (SSSR count). The molecule has 1 N–H and O–H groups in total. The maximum Gasteiger partial charge on any atom is 0.0853 e. The monoisotopic (exact) mass is 199 g/mol. The third kappa shape index (κ3) is 2.42. The average Bonchev–Trinajstić information content (AvgIpc) is 2.02. The highest BCUT2D eigenvalue weighted by Gasteiger charge is 2.25. The molecule has 1 heterocycles. The maximum atomic E-state index is 9.93. The van der Waals surface area contributed by atoms with Crippen molar-refractivity contribution >= 4 is 11.6 Å². The Morgan fingerprint density at radius 2 is 2.08 bits per heavy atom. The molecule has 13 heavy (non-hydrogen) atoms. The molecular weight excluding hydrogens is 186 g/mol. The van der Waals surface area contributed by atoms with Gasteiger partial charge < -0.3 is 5.11 Å². The first kappa shape index (κ1) is 10.5. The zero-order chi connectivity index (χ0) is 10.1. The van der Waals surface area contributed by atoms with Crippen LogP contribution in [0, 0.1) is 5.41 Å². The van der Waals surface area contributed by atoms with E-state index in [1.165, 1.54) is 0 Å². The van der Waals surface area contributed by atoms with Crippen molar-refractivity contribution in [3.8, 4) is 0 Å². The molecule has 0 aliphatic rings. The second-order valence-corrected chi connectivity index (χ2v) is 4.57. The van der Waals surface area contributed by atoms with E-state index in [1.54, 1.807) is 18.5 Å². The largest absolute Gasteiger partial charge is 0.388 e. The Hall–Kier alpha value is -0.600. The summed E-state index contributed by atoms with van der Waals surface area (Å²) >= 11 is 5.90. The van der Waals surface area contributed by atoms with Crippen molar-refractivity contribution in [3.05, 3.63) is 29.0 Å². The lowest BCUT2D eigenvalue weighted by Gasteiger charge is -2.26. The van der Waals surface area contributed by atoms with Gasteiger partial charge in [0.2, 0.25) is 0 Å². The molecule has 0 fully saturated rings. The first-order valence-electron chi connectivity index (χ1n) is 4.20. The van der Waals surface area contributed by atoms with Gasteiger partial charge in [-0.05, 0) is 11.5 Å². The van der Waals surface area contributed by atoms with Crippen LogP contribution >= 0.6 is 11.6 Å². The fourth-order valence-electron chi connectivity index (χ4n) is 1.07. The molecule has 2 nitrogen and oxygen atoms in total. The van der Waals surface area contributed by atoms with Crippen molar-refractivity contribution in [2.45, 2.75) is 26.9 Å². The van der Waals surface area contributed by atoms with Crippen LogP contribution < -0.4 is 0 Å². The molecule has 0 aliphatic carbocycles. The van der Waals surface area contributed by atoms with Crippen molar-refractivity contribution in [3.63, 3.8) is 0 Å². The van der Waals surface area contributed by atoms with Crippen LogP contribution in [0.2, 0.25) is 5.02 Å². The van der Waals surface area contributed by atoms with Crippen LogP contribution in [-0.4, -0.2) is 10.1 Å². The average molecular weight is 200 g/mol. The number of nitrogens with zero attached hydrogens (tertiary/aromatic N) is 1. The quantitative estimate of drug-likeness (QED) is 0.755. The minimum atomic E-state index is -0.553. The van der Waals surface area contributed by atoms with Crippen molar-refractivity contribution in [1.29, 1.82) is 0 Å². The normalized spacial score (nSPS) is 14.2. The van der Waals surface area contributed by atoms with Gasteiger partial charge in [0.25, 0.3) is 0 Å². The fraction of sp³-hybridized carbons (Fsp3) is 0.500. The van der Waals surface area contributed by atoms with E-state index in [0.29, 0.717) is 5.02 Å². The Morgan fingerprint density at radius 3 is 2.54 bits per heavy atom. The first-order valence-corrected chi connectivity index (χ1v) is 4.58. The Bertz CT molecular complexity index is 293. The molecule has 1 aromatic rings. The van der Waals surface area contributed by atoms with Crippen molar-refractivity contribution in [2.75, 3.05) is 0 Å². The highest BCUT2D eigenvalue weighted by molar-refractivity contribution is 6.31. The summed E-state index contributed by atoms with van der Waals surface area (Å²) in [6.07, 6.45) is 2.63. The molecule has 0 saturated heterocycles. The molecule has 3 heteroatoms. The number of pyridine rings is 1. The zero-order valence-corrected chi connectivity index (χ0v) is 8.84. The van der Waals surface area contributed by atoms with Gasteiger partial charge in [0.1, 0.15) is 0 Å². The molecular formula is C10H14ClNO. The van der Waals surface area contributed by atoms with Crippen LogP contribution in [-0.2, 0) is 0 Å². The van der Waals surface area contributed by atoms with Crippen LogP contribution in [0.4, 0.5) is 0 Å². The van der Waals surface area contributed by atoms with Crippen LogP contribution in [0.5, 0.6) is 0 Å². The molecule has 0 spiro atoms. The van der Waals surface area contributed by atoms with Gasteiger partial charge in [0.15, 0.2) is 0 Å². The number of aliphatic hydroxyl groups excluding tert-OH is 1. The van der Waals surface area contributed by atoms with Gasteiger partial charge in [-0.1, -0.05) is 32.4 Å².